The standard InChI is InChI=1S/C10H14N2O/c1-7-9(11)5-6-10(12-7)13-8-3-2-4-8/h5-6,8H,2-4,11H2,1H3. The summed E-state index contributed by atoms with van der Waals surface area (Å²) in [5.74, 6) is 0.705. The van der Waals surface area contributed by atoms with Gasteiger partial charge in [0.05, 0.1) is 11.4 Å². The van der Waals surface area contributed by atoms with Crippen molar-refractivity contribution in [2.75, 3.05) is 5.73 Å². The quantitative estimate of drug-likeness (QED) is 0.752. The van der Waals surface area contributed by atoms with E-state index in [-0.39, 0.29) is 0 Å². The van der Waals surface area contributed by atoms with Gasteiger partial charge in [-0.25, -0.2) is 4.98 Å². The van der Waals surface area contributed by atoms with Gasteiger partial charge in [-0.15, -0.1) is 0 Å². The van der Waals surface area contributed by atoms with Crippen LogP contribution in [0, 0.1) is 6.92 Å². The summed E-state index contributed by atoms with van der Waals surface area (Å²) >= 11 is 0. The van der Waals surface area contributed by atoms with Gasteiger partial charge in [-0.3, -0.25) is 0 Å². The summed E-state index contributed by atoms with van der Waals surface area (Å²) in [6, 6.07) is 3.68. The van der Waals surface area contributed by atoms with Gasteiger partial charge in [-0.2, -0.15) is 0 Å². The normalized spacial score (nSPS) is 16.7. The first kappa shape index (κ1) is 8.35. The number of nitrogens with two attached hydrogens (primary N) is 1. The van der Waals surface area contributed by atoms with E-state index in [1.54, 1.807) is 0 Å². The molecule has 3 heteroatoms. The maximum absolute atomic E-state index is 5.65. The van der Waals surface area contributed by atoms with Crippen molar-refractivity contribution in [1.82, 2.24) is 4.98 Å². The average molecular weight is 178 g/mol. The summed E-state index contributed by atoms with van der Waals surface area (Å²) in [5, 5.41) is 0. The lowest BCUT2D eigenvalue weighted by Gasteiger charge is -2.25. The smallest absolute Gasteiger partial charge is 0.213 e. The molecule has 1 aliphatic rings. The highest BCUT2D eigenvalue weighted by molar-refractivity contribution is 5.43. The molecule has 13 heavy (non-hydrogen) atoms. The van der Waals surface area contributed by atoms with Crippen molar-refractivity contribution < 1.29 is 4.74 Å². The minimum Gasteiger partial charge on any atom is -0.474 e. The van der Waals surface area contributed by atoms with Gasteiger partial charge >= 0.3 is 0 Å². The first-order chi connectivity index (χ1) is 6.25. The van der Waals surface area contributed by atoms with Crippen molar-refractivity contribution >= 4 is 5.69 Å². The summed E-state index contributed by atoms with van der Waals surface area (Å²) in [4.78, 5) is 4.25. The van der Waals surface area contributed by atoms with Crippen LogP contribution in [0.5, 0.6) is 5.88 Å². The van der Waals surface area contributed by atoms with Crippen molar-refractivity contribution in [3.8, 4) is 5.88 Å². The van der Waals surface area contributed by atoms with Crippen LogP contribution in [0.2, 0.25) is 0 Å². The highest BCUT2D eigenvalue weighted by Gasteiger charge is 2.19. The topological polar surface area (TPSA) is 48.1 Å². The van der Waals surface area contributed by atoms with E-state index in [1.807, 2.05) is 19.1 Å². The molecule has 1 aliphatic carbocycles. The van der Waals surface area contributed by atoms with Gasteiger partial charge in [0.2, 0.25) is 5.88 Å². The number of ether oxygens (including phenoxy) is 1. The molecule has 0 saturated heterocycles. The monoisotopic (exact) mass is 178 g/mol. The molecule has 0 radical (unpaired) electrons. The molecule has 0 unspecified atom stereocenters. The fraction of sp³-hybridized carbons (Fsp3) is 0.500. The summed E-state index contributed by atoms with van der Waals surface area (Å²) in [6.07, 6.45) is 3.98. The van der Waals surface area contributed by atoms with Gasteiger partial charge in [-0.05, 0) is 32.3 Å². The van der Waals surface area contributed by atoms with Crippen LogP contribution < -0.4 is 10.5 Å². The Morgan fingerprint density at radius 1 is 1.46 bits per heavy atom. The molecule has 0 atom stereocenters. The number of aromatic nitrogens is 1. The second kappa shape index (κ2) is 3.24. The van der Waals surface area contributed by atoms with Crippen molar-refractivity contribution in [3.63, 3.8) is 0 Å². The first-order valence-electron chi connectivity index (χ1n) is 4.65. The van der Waals surface area contributed by atoms with Crippen LogP contribution in [-0.4, -0.2) is 11.1 Å². The van der Waals surface area contributed by atoms with Gasteiger partial charge in [0.1, 0.15) is 6.10 Å². The van der Waals surface area contributed by atoms with Crippen LogP contribution in [0.3, 0.4) is 0 Å². The Balaban J connectivity index is 2.07. The predicted molar refractivity (Wildman–Crippen MR) is 51.7 cm³/mol. The first-order valence-corrected chi connectivity index (χ1v) is 4.65. The maximum atomic E-state index is 5.65. The highest BCUT2D eigenvalue weighted by atomic mass is 16.5. The molecule has 2 N–H and O–H groups in total. The molecule has 1 fully saturated rings. The molecule has 1 saturated carbocycles. The third-order valence-corrected chi connectivity index (χ3v) is 2.44. The molecule has 1 heterocycles. The molecule has 1 aromatic rings. The summed E-state index contributed by atoms with van der Waals surface area (Å²) in [7, 11) is 0. The summed E-state index contributed by atoms with van der Waals surface area (Å²) in [6.45, 7) is 1.89. The van der Waals surface area contributed by atoms with Gasteiger partial charge in [0.15, 0.2) is 0 Å². The second-order valence-electron chi connectivity index (χ2n) is 3.49. The Morgan fingerprint density at radius 3 is 2.77 bits per heavy atom. The Labute approximate surface area is 77.9 Å². The number of nitrogen functional groups attached to an aromatic ring is 1. The Morgan fingerprint density at radius 2 is 2.23 bits per heavy atom. The molecule has 2 rings (SSSR count). The molecule has 3 nitrogen and oxygen atoms in total. The third kappa shape index (κ3) is 1.74. The molecule has 0 aromatic carbocycles. The minimum atomic E-state index is 0.385. The van der Waals surface area contributed by atoms with Crippen molar-refractivity contribution in [1.29, 1.82) is 0 Å². The minimum absolute atomic E-state index is 0.385. The number of aryl methyl sites for hydroxylation is 1. The Bertz CT molecular complexity index is 308. The van der Waals surface area contributed by atoms with E-state index < -0.39 is 0 Å². The predicted octanol–water partition coefficient (Wildman–Crippen LogP) is 1.90. The lowest BCUT2D eigenvalue weighted by Crippen LogP contribution is -2.25. The zero-order valence-corrected chi connectivity index (χ0v) is 7.79. The van der Waals surface area contributed by atoms with Crippen LogP contribution in [0.4, 0.5) is 5.69 Å². The number of rotatable bonds is 2. The molecule has 0 amide bonds. The molecule has 70 valence electrons. The van der Waals surface area contributed by atoms with E-state index in [2.05, 4.69) is 4.98 Å². The van der Waals surface area contributed by atoms with Gasteiger partial charge in [0, 0.05) is 6.07 Å². The number of nitrogens with zero attached hydrogens (tertiary/aromatic N) is 1. The SMILES string of the molecule is Cc1nc(OC2CCC2)ccc1N. The largest absolute Gasteiger partial charge is 0.474 e. The van der Waals surface area contributed by atoms with Crippen molar-refractivity contribution in [2.24, 2.45) is 0 Å². The van der Waals surface area contributed by atoms with E-state index in [4.69, 9.17) is 10.5 Å². The van der Waals surface area contributed by atoms with Crippen molar-refractivity contribution in [2.45, 2.75) is 32.3 Å². The van der Waals surface area contributed by atoms with Crippen LogP contribution in [0.25, 0.3) is 0 Å². The maximum Gasteiger partial charge on any atom is 0.213 e. The molecular weight excluding hydrogens is 164 g/mol. The molecule has 0 bridgehead atoms. The average Bonchev–Trinajstić information content (AvgIpc) is 2.04. The number of hydrogen-bond acceptors (Lipinski definition) is 3. The lowest BCUT2D eigenvalue weighted by molar-refractivity contribution is 0.114. The molecular formula is C10H14N2O. The van der Waals surface area contributed by atoms with Gasteiger partial charge in [0.25, 0.3) is 0 Å². The van der Waals surface area contributed by atoms with E-state index >= 15 is 0 Å². The number of hydrogen-bond donors (Lipinski definition) is 1. The number of anilines is 1. The highest BCUT2D eigenvalue weighted by Crippen LogP contribution is 2.24. The van der Waals surface area contributed by atoms with Gasteiger partial charge < -0.3 is 10.5 Å². The summed E-state index contributed by atoms with van der Waals surface area (Å²) in [5.41, 5.74) is 7.22. The van der Waals surface area contributed by atoms with Gasteiger partial charge in [-0.1, -0.05) is 0 Å². The van der Waals surface area contributed by atoms with Crippen LogP contribution in [-0.2, 0) is 0 Å². The zero-order chi connectivity index (χ0) is 9.26. The molecule has 0 aliphatic heterocycles. The Hall–Kier alpha value is -1.25. The fourth-order valence-electron chi connectivity index (χ4n) is 1.27. The second-order valence-corrected chi connectivity index (χ2v) is 3.49. The Kier molecular flexibility index (Phi) is 2.08. The van der Waals surface area contributed by atoms with Crippen LogP contribution >= 0.6 is 0 Å². The van der Waals surface area contributed by atoms with Crippen molar-refractivity contribution in [3.05, 3.63) is 17.8 Å². The van der Waals surface area contributed by atoms with E-state index in [0.29, 0.717) is 12.0 Å². The third-order valence-electron chi connectivity index (χ3n) is 2.44. The fourth-order valence-corrected chi connectivity index (χ4v) is 1.27. The number of pyridine rings is 1. The van der Waals surface area contributed by atoms with E-state index in [9.17, 15) is 0 Å². The lowest BCUT2D eigenvalue weighted by atomic mass is 9.96. The molecule has 0 spiro atoms. The summed E-state index contributed by atoms with van der Waals surface area (Å²) < 4.78 is 5.62. The van der Waals surface area contributed by atoms with E-state index in [0.717, 1.165) is 24.2 Å². The van der Waals surface area contributed by atoms with Crippen LogP contribution in [0.1, 0.15) is 25.0 Å². The van der Waals surface area contributed by atoms with E-state index in [1.165, 1.54) is 6.42 Å². The van der Waals surface area contributed by atoms with Crippen LogP contribution in [0.15, 0.2) is 12.1 Å². The zero-order valence-electron chi connectivity index (χ0n) is 7.79. The molecule has 1 aromatic heterocycles.